The molecule has 0 amide bonds. The zero-order valence-corrected chi connectivity index (χ0v) is 13.9. The lowest BCUT2D eigenvalue weighted by Gasteiger charge is -2.08. The minimum absolute atomic E-state index is 0.212. The van der Waals surface area contributed by atoms with Crippen LogP contribution in [0.3, 0.4) is 0 Å². The average molecular weight is 358 g/mol. The Morgan fingerprint density at radius 2 is 1.73 bits per heavy atom. The number of carbonyl (C=O) groups is 1. The molecule has 26 heavy (non-hydrogen) atoms. The molecule has 0 aliphatic heterocycles. The van der Waals surface area contributed by atoms with Gasteiger partial charge in [0.25, 0.3) is 11.4 Å². The Morgan fingerprint density at radius 1 is 1.00 bits per heavy atom. The Morgan fingerprint density at radius 3 is 2.31 bits per heavy atom. The van der Waals surface area contributed by atoms with Crippen LogP contribution >= 0.6 is 0 Å². The lowest BCUT2D eigenvalue weighted by molar-refractivity contribution is -0.394. The van der Waals surface area contributed by atoms with Crippen LogP contribution in [0.5, 0.6) is 11.5 Å². The number of nitro benzene ring substituents is 2. The number of hydrogen-bond donors (Lipinski definition) is 0. The molecule has 0 bridgehead atoms. The molecule has 0 spiro atoms. The van der Waals surface area contributed by atoms with Gasteiger partial charge >= 0.3 is 5.97 Å². The first kappa shape index (κ1) is 18.6. The van der Waals surface area contributed by atoms with Gasteiger partial charge in [-0.3, -0.25) is 25.0 Å². The molecule has 0 N–H and O–H groups in total. The van der Waals surface area contributed by atoms with Crippen molar-refractivity contribution < 1.29 is 24.1 Å². The molecular weight excluding hydrogens is 344 g/mol. The predicted octanol–water partition coefficient (Wildman–Crippen LogP) is 3.61. The molecule has 2 rings (SSSR count). The Balaban J connectivity index is 2.36. The largest absolute Gasteiger partial charge is 0.493 e. The fourth-order valence-corrected chi connectivity index (χ4v) is 2.16. The molecule has 0 aliphatic rings. The highest BCUT2D eigenvalue weighted by Crippen LogP contribution is 2.30. The summed E-state index contributed by atoms with van der Waals surface area (Å²) in [6.45, 7) is 1.26. The first-order valence-electron chi connectivity index (χ1n) is 7.29. The van der Waals surface area contributed by atoms with Gasteiger partial charge in [0.15, 0.2) is 11.5 Å². The van der Waals surface area contributed by atoms with Crippen LogP contribution in [0, 0.1) is 20.2 Å². The molecule has 0 unspecified atom stereocenters. The average Bonchev–Trinajstić information content (AvgIpc) is 2.60. The van der Waals surface area contributed by atoms with Crippen molar-refractivity contribution >= 4 is 29.5 Å². The van der Waals surface area contributed by atoms with Gasteiger partial charge in [-0.1, -0.05) is 12.1 Å². The van der Waals surface area contributed by atoms with Gasteiger partial charge in [0, 0.05) is 13.0 Å². The van der Waals surface area contributed by atoms with Crippen molar-refractivity contribution in [1.29, 1.82) is 0 Å². The molecule has 0 saturated carbocycles. The van der Waals surface area contributed by atoms with Crippen LogP contribution in [0.1, 0.15) is 18.1 Å². The lowest BCUT2D eigenvalue weighted by atomic mass is 10.1. The van der Waals surface area contributed by atoms with Crippen LogP contribution in [0.25, 0.3) is 12.2 Å². The van der Waals surface area contributed by atoms with Gasteiger partial charge in [-0.05, 0) is 29.8 Å². The van der Waals surface area contributed by atoms with E-state index in [1.807, 2.05) is 0 Å². The smallest absolute Gasteiger partial charge is 0.308 e. The highest BCUT2D eigenvalue weighted by molar-refractivity contribution is 5.76. The van der Waals surface area contributed by atoms with Crippen LogP contribution in [0.15, 0.2) is 36.4 Å². The highest BCUT2D eigenvalue weighted by atomic mass is 16.6. The molecule has 0 heterocycles. The summed E-state index contributed by atoms with van der Waals surface area (Å²) >= 11 is 0. The van der Waals surface area contributed by atoms with E-state index in [1.54, 1.807) is 18.2 Å². The van der Waals surface area contributed by atoms with Gasteiger partial charge in [-0.15, -0.1) is 0 Å². The van der Waals surface area contributed by atoms with Crippen LogP contribution in [0.2, 0.25) is 0 Å². The number of benzene rings is 2. The number of carbonyl (C=O) groups excluding carboxylic acids is 1. The van der Waals surface area contributed by atoms with E-state index in [2.05, 4.69) is 0 Å². The van der Waals surface area contributed by atoms with Crippen LogP contribution < -0.4 is 9.47 Å². The summed E-state index contributed by atoms with van der Waals surface area (Å²) in [6, 6.07) is 8.16. The maximum Gasteiger partial charge on any atom is 0.308 e. The van der Waals surface area contributed by atoms with E-state index in [4.69, 9.17) is 9.47 Å². The first-order chi connectivity index (χ1) is 12.3. The Kier molecular flexibility index (Phi) is 5.63. The van der Waals surface area contributed by atoms with Crippen LogP contribution in [-0.2, 0) is 4.79 Å². The van der Waals surface area contributed by atoms with Crippen molar-refractivity contribution in [3.05, 3.63) is 67.8 Å². The molecule has 2 aromatic carbocycles. The summed E-state index contributed by atoms with van der Waals surface area (Å²) in [4.78, 5) is 31.6. The van der Waals surface area contributed by atoms with E-state index < -0.39 is 15.8 Å². The van der Waals surface area contributed by atoms with E-state index in [0.717, 1.165) is 6.07 Å². The van der Waals surface area contributed by atoms with Crippen molar-refractivity contribution in [2.24, 2.45) is 0 Å². The Hall–Kier alpha value is -3.75. The number of hydrogen-bond acceptors (Lipinski definition) is 7. The molecule has 9 heteroatoms. The van der Waals surface area contributed by atoms with E-state index in [1.165, 1.54) is 38.3 Å². The van der Waals surface area contributed by atoms with Crippen LogP contribution in [-0.4, -0.2) is 22.9 Å². The third-order valence-corrected chi connectivity index (χ3v) is 3.32. The van der Waals surface area contributed by atoms with Crippen molar-refractivity contribution in [3.8, 4) is 11.5 Å². The van der Waals surface area contributed by atoms with Crippen molar-refractivity contribution in [2.75, 3.05) is 7.11 Å². The fourth-order valence-electron chi connectivity index (χ4n) is 2.16. The molecule has 2 aromatic rings. The summed E-state index contributed by atoms with van der Waals surface area (Å²) in [6.07, 6.45) is 3.04. The van der Waals surface area contributed by atoms with Gasteiger partial charge in [0.2, 0.25) is 0 Å². The predicted molar refractivity (Wildman–Crippen MR) is 93.0 cm³/mol. The maximum atomic E-state index is 11.1. The quantitative estimate of drug-likeness (QED) is 0.254. The second-order valence-electron chi connectivity index (χ2n) is 5.09. The van der Waals surface area contributed by atoms with Gasteiger partial charge in [0.05, 0.1) is 28.6 Å². The monoisotopic (exact) mass is 358 g/mol. The standard InChI is InChI=1S/C17H14N2O7/c1-11(20)26-16-8-4-12(9-17(16)25-2)3-5-13-6-7-14(18(21)22)10-15(13)19(23)24/h3-10H,1-2H3. The minimum Gasteiger partial charge on any atom is -0.493 e. The Labute approximate surface area is 147 Å². The number of methoxy groups -OCH3 is 1. The number of nitrogens with zero attached hydrogens (tertiary/aromatic N) is 2. The van der Waals surface area contributed by atoms with Gasteiger partial charge in [-0.2, -0.15) is 0 Å². The molecule has 0 aliphatic carbocycles. The van der Waals surface area contributed by atoms with Crippen molar-refractivity contribution in [2.45, 2.75) is 6.92 Å². The zero-order chi connectivity index (χ0) is 19.3. The molecule has 0 aromatic heterocycles. The number of rotatable bonds is 6. The summed E-state index contributed by atoms with van der Waals surface area (Å²) in [5.41, 5.74) is 0.106. The van der Waals surface area contributed by atoms with Crippen molar-refractivity contribution in [3.63, 3.8) is 0 Å². The minimum atomic E-state index is -0.695. The molecule has 134 valence electrons. The molecule has 0 atom stereocenters. The third-order valence-electron chi connectivity index (χ3n) is 3.32. The zero-order valence-electron chi connectivity index (χ0n) is 13.9. The molecule has 0 radical (unpaired) electrons. The Bertz CT molecular complexity index is 906. The number of ether oxygens (including phenoxy) is 2. The van der Waals surface area contributed by atoms with E-state index in [0.29, 0.717) is 11.3 Å². The molecule has 0 fully saturated rings. The second kappa shape index (κ2) is 7.88. The summed E-state index contributed by atoms with van der Waals surface area (Å²) in [5.74, 6) is 0.0760. The summed E-state index contributed by atoms with van der Waals surface area (Å²) in [5, 5.41) is 21.9. The number of nitro groups is 2. The van der Waals surface area contributed by atoms with Gasteiger partial charge in [0.1, 0.15) is 0 Å². The van der Waals surface area contributed by atoms with Gasteiger partial charge < -0.3 is 9.47 Å². The lowest BCUT2D eigenvalue weighted by Crippen LogP contribution is -2.03. The van der Waals surface area contributed by atoms with E-state index in [-0.39, 0.29) is 22.7 Å². The van der Waals surface area contributed by atoms with E-state index >= 15 is 0 Å². The van der Waals surface area contributed by atoms with E-state index in [9.17, 15) is 25.0 Å². The molecule has 9 nitrogen and oxygen atoms in total. The van der Waals surface area contributed by atoms with Gasteiger partial charge in [-0.25, -0.2) is 0 Å². The summed E-state index contributed by atoms with van der Waals surface area (Å²) in [7, 11) is 1.41. The topological polar surface area (TPSA) is 122 Å². The molecular formula is C17H14N2O7. The second-order valence-corrected chi connectivity index (χ2v) is 5.09. The first-order valence-corrected chi connectivity index (χ1v) is 7.29. The highest BCUT2D eigenvalue weighted by Gasteiger charge is 2.17. The number of non-ortho nitro benzene ring substituents is 1. The normalized spacial score (nSPS) is 10.5. The SMILES string of the molecule is COc1cc(C=Cc2ccc([N+](=O)[O-])cc2[N+](=O)[O-])ccc1OC(C)=O. The summed E-state index contributed by atoms with van der Waals surface area (Å²) < 4.78 is 10.1. The maximum absolute atomic E-state index is 11.1. The third kappa shape index (κ3) is 4.41. The fraction of sp³-hybridized carbons (Fsp3) is 0.118. The van der Waals surface area contributed by atoms with Crippen LogP contribution in [0.4, 0.5) is 11.4 Å². The number of esters is 1. The molecule has 0 saturated heterocycles. The van der Waals surface area contributed by atoms with Crippen molar-refractivity contribution in [1.82, 2.24) is 0 Å².